The molecule has 2 nitrogen and oxygen atoms in total. The van der Waals surface area contributed by atoms with Gasteiger partial charge in [0, 0.05) is 11.3 Å². The Morgan fingerprint density at radius 2 is 1.71 bits per heavy atom. The minimum Gasteiger partial charge on any atom is -0.399 e. The van der Waals surface area contributed by atoms with E-state index in [-0.39, 0.29) is 12.1 Å². The van der Waals surface area contributed by atoms with Crippen LogP contribution in [0.25, 0.3) is 0 Å². The topological polar surface area (TPSA) is 29.3 Å². The van der Waals surface area contributed by atoms with E-state index in [9.17, 15) is 8.78 Å². The lowest BCUT2D eigenvalue weighted by atomic mass is 10.1. The average molecular weight is 200 g/mol. The highest BCUT2D eigenvalue weighted by molar-refractivity contribution is 5.40. The molecule has 0 heterocycles. The van der Waals surface area contributed by atoms with Crippen molar-refractivity contribution in [1.82, 2.24) is 4.90 Å². The molecule has 1 aromatic rings. The fraction of sp³-hybridized carbons (Fsp3) is 0.400. The second-order valence-corrected chi connectivity index (χ2v) is 3.56. The molecule has 78 valence electrons. The minimum atomic E-state index is -2.82. The molecule has 0 bridgehead atoms. The zero-order valence-electron chi connectivity index (χ0n) is 8.30. The van der Waals surface area contributed by atoms with Gasteiger partial charge in [-0.2, -0.15) is 8.78 Å². The van der Waals surface area contributed by atoms with Gasteiger partial charge < -0.3 is 10.6 Å². The maximum Gasteiger partial charge on any atom is 0.285 e. The van der Waals surface area contributed by atoms with Crippen LogP contribution in [0.15, 0.2) is 24.3 Å². The van der Waals surface area contributed by atoms with Gasteiger partial charge in [-0.1, -0.05) is 12.1 Å². The Morgan fingerprint density at radius 1 is 1.21 bits per heavy atom. The SMILES string of the molecule is CN(C)CC(F)(F)c1ccc(N)cc1. The van der Waals surface area contributed by atoms with Crippen molar-refractivity contribution >= 4 is 5.69 Å². The van der Waals surface area contributed by atoms with E-state index < -0.39 is 5.92 Å². The fourth-order valence-corrected chi connectivity index (χ4v) is 1.22. The predicted molar refractivity (Wildman–Crippen MR) is 53.3 cm³/mol. The van der Waals surface area contributed by atoms with E-state index in [4.69, 9.17) is 5.73 Å². The number of hydrogen-bond donors (Lipinski definition) is 1. The van der Waals surface area contributed by atoms with Crippen LogP contribution in [0.1, 0.15) is 5.56 Å². The first-order valence-electron chi connectivity index (χ1n) is 4.30. The number of anilines is 1. The lowest BCUT2D eigenvalue weighted by Gasteiger charge is -2.20. The number of alkyl halides is 2. The molecule has 0 saturated heterocycles. The lowest BCUT2D eigenvalue weighted by Crippen LogP contribution is -2.29. The fourth-order valence-electron chi connectivity index (χ4n) is 1.22. The first kappa shape index (κ1) is 10.9. The van der Waals surface area contributed by atoms with Crippen LogP contribution in [-0.4, -0.2) is 25.5 Å². The van der Waals surface area contributed by atoms with E-state index in [2.05, 4.69) is 0 Å². The summed E-state index contributed by atoms with van der Waals surface area (Å²) in [4.78, 5) is 1.45. The van der Waals surface area contributed by atoms with Crippen molar-refractivity contribution in [1.29, 1.82) is 0 Å². The van der Waals surface area contributed by atoms with Crippen LogP contribution < -0.4 is 5.73 Å². The molecule has 0 amide bonds. The van der Waals surface area contributed by atoms with Gasteiger partial charge in [-0.15, -0.1) is 0 Å². The number of rotatable bonds is 3. The minimum absolute atomic E-state index is 0.000370. The summed E-state index contributed by atoms with van der Waals surface area (Å²) in [5, 5.41) is 0. The van der Waals surface area contributed by atoms with Crippen molar-refractivity contribution < 1.29 is 8.78 Å². The van der Waals surface area contributed by atoms with Crippen LogP contribution in [-0.2, 0) is 5.92 Å². The Hall–Kier alpha value is -1.16. The van der Waals surface area contributed by atoms with Gasteiger partial charge >= 0.3 is 0 Å². The summed E-state index contributed by atoms with van der Waals surface area (Å²) < 4.78 is 26.9. The van der Waals surface area contributed by atoms with Crippen LogP contribution in [0, 0.1) is 0 Å². The molecular formula is C10H14F2N2. The smallest absolute Gasteiger partial charge is 0.285 e. The first-order chi connectivity index (χ1) is 6.42. The summed E-state index contributed by atoms with van der Waals surface area (Å²) >= 11 is 0. The van der Waals surface area contributed by atoms with Crippen LogP contribution >= 0.6 is 0 Å². The lowest BCUT2D eigenvalue weighted by molar-refractivity contribution is -0.0269. The average Bonchev–Trinajstić information content (AvgIpc) is 2.02. The highest BCUT2D eigenvalue weighted by Crippen LogP contribution is 2.28. The standard InChI is InChI=1S/C10H14F2N2/c1-14(2)7-10(11,12)8-3-5-9(13)6-4-8/h3-6H,7,13H2,1-2H3. The van der Waals surface area contributed by atoms with Crippen LogP contribution in [0.4, 0.5) is 14.5 Å². The number of nitrogens with two attached hydrogens (primary N) is 1. The predicted octanol–water partition coefficient (Wildman–Crippen LogP) is 1.92. The first-order valence-corrected chi connectivity index (χ1v) is 4.30. The number of hydrogen-bond acceptors (Lipinski definition) is 2. The largest absolute Gasteiger partial charge is 0.399 e. The van der Waals surface area contributed by atoms with Gasteiger partial charge in [-0.3, -0.25) is 0 Å². The zero-order valence-corrected chi connectivity index (χ0v) is 8.30. The maximum atomic E-state index is 13.5. The van der Waals surface area contributed by atoms with E-state index in [1.165, 1.54) is 29.2 Å². The van der Waals surface area contributed by atoms with E-state index in [0.29, 0.717) is 5.69 Å². The number of nitrogens with zero attached hydrogens (tertiary/aromatic N) is 1. The molecule has 0 radical (unpaired) electrons. The number of halogens is 2. The molecular weight excluding hydrogens is 186 g/mol. The summed E-state index contributed by atoms with van der Waals surface area (Å²) in [6.07, 6.45) is 0. The van der Waals surface area contributed by atoms with Gasteiger partial charge in [0.25, 0.3) is 5.92 Å². The van der Waals surface area contributed by atoms with Gasteiger partial charge in [0.15, 0.2) is 0 Å². The summed E-state index contributed by atoms with van der Waals surface area (Å²) in [6.45, 7) is -0.295. The summed E-state index contributed by atoms with van der Waals surface area (Å²) in [6, 6.07) is 5.69. The molecule has 0 fully saturated rings. The molecule has 0 aliphatic carbocycles. The van der Waals surface area contributed by atoms with Crippen LogP contribution in [0.2, 0.25) is 0 Å². The second kappa shape index (κ2) is 3.92. The monoisotopic (exact) mass is 200 g/mol. The van der Waals surface area contributed by atoms with E-state index in [1.54, 1.807) is 14.1 Å². The van der Waals surface area contributed by atoms with Gasteiger partial charge in [0.1, 0.15) is 0 Å². The molecule has 1 rings (SSSR count). The van der Waals surface area contributed by atoms with Gasteiger partial charge in [0.05, 0.1) is 6.54 Å². The third kappa shape index (κ3) is 2.67. The Bertz CT molecular complexity index is 293. The number of nitrogen functional groups attached to an aromatic ring is 1. The third-order valence-corrected chi connectivity index (χ3v) is 1.85. The molecule has 0 aliphatic heterocycles. The zero-order chi connectivity index (χ0) is 10.8. The molecule has 1 aromatic carbocycles. The number of likely N-dealkylation sites (N-methyl/N-ethyl adjacent to an activating group) is 1. The van der Waals surface area contributed by atoms with Crippen molar-refractivity contribution in [3.8, 4) is 0 Å². The van der Waals surface area contributed by atoms with Crippen molar-refractivity contribution in [2.24, 2.45) is 0 Å². The summed E-state index contributed by atoms with van der Waals surface area (Å²) in [5.74, 6) is -2.82. The summed E-state index contributed by atoms with van der Waals surface area (Å²) in [5.41, 5.74) is 5.91. The van der Waals surface area contributed by atoms with E-state index >= 15 is 0 Å². The normalized spacial score (nSPS) is 12.1. The van der Waals surface area contributed by atoms with Crippen LogP contribution in [0.5, 0.6) is 0 Å². The Kier molecular flexibility index (Phi) is 3.06. The van der Waals surface area contributed by atoms with Gasteiger partial charge in [-0.05, 0) is 26.2 Å². The molecule has 14 heavy (non-hydrogen) atoms. The van der Waals surface area contributed by atoms with Crippen molar-refractivity contribution in [3.05, 3.63) is 29.8 Å². The third-order valence-electron chi connectivity index (χ3n) is 1.85. The molecule has 4 heteroatoms. The molecule has 0 saturated carbocycles. The van der Waals surface area contributed by atoms with E-state index in [0.717, 1.165) is 0 Å². The van der Waals surface area contributed by atoms with Gasteiger partial charge in [-0.25, -0.2) is 0 Å². The highest BCUT2D eigenvalue weighted by atomic mass is 19.3. The van der Waals surface area contributed by atoms with Gasteiger partial charge in [0.2, 0.25) is 0 Å². The molecule has 0 unspecified atom stereocenters. The highest BCUT2D eigenvalue weighted by Gasteiger charge is 2.31. The Balaban J connectivity index is 2.86. The van der Waals surface area contributed by atoms with Crippen molar-refractivity contribution in [3.63, 3.8) is 0 Å². The number of benzene rings is 1. The van der Waals surface area contributed by atoms with Crippen molar-refractivity contribution in [2.75, 3.05) is 26.4 Å². The second-order valence-electron chi connectivity index (χ2n) is 3.56. The molecule has 0 aromatic heterocycles. The van der Waals surface area contributed by atoms with Crippen molar-refractivity contribution in [2.45, 2.75) is 5.92 Å². The van der Waals surface area contributed by atoms with E-state index in [1.807, 2.05) is 0 Å². The van der Waals surface area contributed by atoms with Crippen LogP contribution in [0.3, 0.4) is 0 Å². The molecule has 0 aliphatic rings. The maximum absolute atomic E-state index is 13.5. The molecule has 2 N–H and O–H groups in total. The Morgan fingerprint density at radius 3 is 2.14 bits per heavy atom. The quantitative estimate of drug-likeness (QED) is 0.755. The Labute approximate surface area is 82.3 Å². The molecule has 0 atom stereocenters. The molecule has 0 spiro atoms. The summed E-state index contributed by atoms with van der Waals surface area (Å²) in [7, 11) is 3.23.